The van der Waals surface area contributed by atoms with E-state index in [2.05, 4.69) is 30.4 Å². The highest BCUT2D eigenvalue weighted by Crippen LogP contribution is 2.24. The summed E-state index contributed by atoms with van der Waals surface area (Å²) in [6.45, 7) is 8.57. The van der Waals surface area contributed by atoms with E-state index in [1.54, 1.807) is 13.4 Å². The number of aliphatic imine (C=N–C) groups is 1. The molecular weight excluding hydrogens is 312 g/mol. The van der Waals surface area contributed by atoms with E-state index in [1.165, 1.54) is 0 Å². The maximum Gasteiger partial charge on any atom is 0.193 e. The molecule has 0 amide bonds. The summed E-state index contributed by atoms with van der Waals surface area (Å²) in [5.41, 5.74) is 0. The number of nitrogens with zero attached hydrogens (tertiary/aromatic N) is 4. The molecule has 1 aromatic rings. The smallest absolute Gasteiger partial charge is 0.193 e. The number of H-pyrrole nitrogens is 1. The molecule has 0 aliphatic carbocycles. The van der Waals surface area contributed by atoms with Gasteiger partial charge < -0.3 is 10.2 Å². The van der Waals surface area contributed by atoms with Gasteiger partial charge >= 0.3 is 0 Å². The Balaban J connectivity index is 1.78. The van der Waals surface area contributed by atoms with Crippen LogP contribution in [0, 0.1) is 0 Å². The summed E-state index contributed by atoms with van der Waals surface area (Å²) in [4.78, 5) is 10.9. The Morgan fingerprint density at radius 3 is 2.70 bits per heavy atom. The van der Waals surface area contributed by atoms with Crippen molar-refractivity contribution < 1.29 is 4.21 Å². The molecule has 23 heavy (non-hydrogen) atoms. The van der Waals surface area contributed by atoms with Crippen molar-refractivity contribution in [2.45, 2.75) is 44.3 Å². The molecule has 0 saturated carbocycles. The molecule has 0 bridgehead atoms. The molecule has 2 rings (SSSR count). The molecule has 1 unspecified atom stereocenters. The molecule has 0 radical (unpaired) electrons. The molecule has 1 saturated heterocycles. The molecule has 1 aliphatic heterocycles. The van der Waals surface area contributed by atoms with Crippen LogP contribution in [0.4, 0.5) is 0 Å². The van der Waals surface area contributed by atoms with E-state index in [0.29, 0.717) is 18.2 Å². The van der Waals surface area contributed by atoms with E-state index < -0.39 is 10.8 Å². The van der Waals surface area contributed by atoms with E-state index in [4.69, 9.17) is 0 Å². The van der Waals surface area contributed by atoms with Crippen molar-refractivity contribution in [3.63, 3.8) is 0 Å². The van der Waals surface area contributed by atoms with Crippen LogP contribution in [0.3, 0.4) is 0 Å². The summed E-state index contributed by atoms with van der Waals surface area (Å²) in [6.07, 6.45) is 3.63. The number of guanidine groups is 1. The van der Waals surface area contributed by atoms with Crippen molar-refractivity contribution in [2.75, 3.05) is 32.4 Å². The highest BCUT2D eigenvalue weighted by Gasteiger charge is 2.24. The molecule has 2 heterocycles. The maximum atomic E-state index is 12.1. The number of nitrogens with one attached hydrogen (secondary N) is 2. The fourth-order valence-electron chi connectivity index (χ4n) is 2.67. The second-order valence-electron chi connectivity index (χ2n) is 6.77. The largest absolute Gasteiger partial charge is 0.355 e. The Morgan fingerprint density at radius 1 is 1.48 bits per heavy atom. The zero-order valence-corrected chi connectivity index (χ0v) is 15.3. The topological polar surface area (TPSA) is 86.3 Å². The van der Waals surface area contributed by atoms with Gasteiger partial charge in [-0.2, -0.15) is 5.10 Å². The van der Waals surface area contributed by atoms with Gasteiger partial charge in [0, 0.05) is 53.9 Å². The maximum absolute atomic E-state index is 12.1. The minimum atomic E-state index is -0.842. The van der Waals surface area contributed by atoms with Crippen LogP contribution in [0.2, 0.25) is 0 Å². The lowest BCUT2D eigenvalue weighted by Crippen LogP contribution is -2.46. The van der Waals surface area contributed by atoms with Gasteiger partial charge in [-0.3, -0.25) is 14.3 Å². The second kappa shape index (κ2) is 7.90. The molecule has 7 nitrogen and oxygen atoms in total. The Kier molecular flexibility index (Phi) is 6.15. The first kappa shape index (κ1) is 17.9. The lowest BCUT2D eigenvalue weighted by Gasteiger charge is -2.33. The average molecular weight is 340 g/mol. The van der Waals surface area contributed by atoms with Crippen molar-refractivity contribution in [1.82, 2.24) is 25.4 Å². The van der Waals surface area contributed by atoms with Gasteiger partial charge in [-0.1, -0.05) is 0 Å². The third kappa shape index (κ3) is 5.02. The number of aromatic nitrogens is 3. The van der Waals surface area contributed by atoms with E-state index in [9.17, 15) is 4.21 Å². The first-order chi connectivity index (χ1) is 10.9. The highest BCUT2D eigenvalue weighted by molar-refractivity contribution is 7.86. The van der Waals surface area contributed by atoms with Crippen LogP contribution in [0.15, 0.2) is 11.3 Å². The molecule has 2 N–H and O–H groups in total. The molecular formula is C15H28N6OS. The minimum absolute atomic E-state index is 0.166. The minimum Gasteiger partial charge on any atom is -0.355 e. The van der Waals surface area contributed by atoms with Gasteiger partial charge in [-0.15, -0.1) is 0 Å². The highest BCUT2D eigenvalue weighted by atomic mass is 32.2. The van der Waals surface area contributed by atoms with Crippen LogP contribution in [0.1, 0.15) is 45.4 Å². The Labute approximate surface area is 140 Å². The normalized spacial score (nSPS) is 19.0. The van der Waals surface area contributed by atoms with Gasteiger partial charge in [-0.25, -0.2) is 4.98 Å². The second-order valence-corrected chi connectivity index (χ2v) is 9.09. The number of likely N-dealkylation sites (tertiary alicyclic amines) is 1. The molecule has 8 heteroatoms. The van der Waals surface area contributed by atoms with Crippen LogP contribution in [0.5, 0.6) is 0 Å². The van der Waals surface area contributed by atoms with Gasteiger partial charge in [0.1, 0.15) is 12.2 Å². The van der Waals surface area contributed by atoms with Crippen molar-refractivity contribution in [3.8, 4) is 0 Å². The summed E-state index contributed by atoms with van der Waals surface area (Å²) in [7, 11) is 0.955. The SMILES string of the molecule is CN=C(NCCS(=O)C(C)(C)C)N1CCC(c2ncn[nH]2)CC1. The van der Waals surface area contributed by atoms with E-state index in [-0.39, 0.29) is 4.75 Å². The van der Waals surface area contributed by atoms with Crippen molar-refractivity contribution in [3.05, 3.63) is 12.2 Å². The fourth-order valence-corrected chi connectivity index (χ4v) is 3.57. The van der Waals surface area contributed by atoms with E-state index in [1.807, 2.05) is 20.8 Å². The zero-order valence-electron chi connectivity index (χ0n) is 14.5. The van der Waals surface area contributed by atoms with Crippen molar-refractivity contribution in [1.29, 1.82) is 0 Å². The van der Waals surface area contributed by atoms with E-state index >= 15 is 0 Å². The standard InChI is InChI=1S/C15H28N6OS/c1-15(2,3)23(22)10-7-17-14(16-4)21-8-5-12(6-9-21)13-18-11-19-20-13/h11-12H,5-10H2,1-4H3,(H,16,17)(H,18,19,20). The molecule has 0 spiro atoms. The van der Waals surface area contributed by atoms with Crippen molar-refractivity contribution in [2.24, 2.45) is 4.99 Å². The third-order valence-electron chi connectivity index (χ3n) is 4.08. The van der Waals surface area contributed by atoms with E-state index in [0.717, 1.165) is 37.7 Å². The average Bonchev–Trinajstić information content (AvgIpc) is 3.05. The summed E-state index contributed by atoms with van der Waals surface area (Å²) in [6, 6.07) is 0. The number of hydrogen-bond donors (Lipinski definition) is 2. The first-order valence-corrected chi connectivity index (χ1v) is 9.43. The van der Waals surface area contributed by atoms with Gasteiger partial charge in [0.05, 0.1) is 0 Å². The van der Waals surface area contributed by atoms with Crippen LogP contribution < -0.4 is 5.32 Å². The zero-order chi connectivity index (χ0) is 16.9. The monoisotopic (exact) mass is 340 g/mol. The molecule has 1 aromatic heterocycles. The van der Waals surface area contributed by atoms with Crippen LogP contribution >= 0.6 is 0 Å². The predicted molar refractivity (Wildman–Crippen MR) is 94.1 cm³/mol. The Bertz CT molecular complexity index is 529. The molecule has 0 aromatic carbocycles. The van der Waals surface area contributed by atoms with Gasteiger partial charge in [0.25, 0.3) is 0 Å². The number of rotatable bonds is 4. The summed E-state index contributed by atoms with van der Waals surface area (Å²) >= 11 is 0. The van der Waals surface area contributed by atoms with Gasteiger partial charge in [-0.05, 0) is 33.6 Å². The molecule has 130 valence electrons. The fraction of sp³-hybridized carbons (Fsp3) is 0.800. The Morgan fingerprint density at radius 2 is 2.17 bits per heavy atom. The van der Waals surface area contributed by atoms with Crippen LogP contribution in [-0.2, 0) is 10.8 Å². The number of aromatic amines is 1. The van der Waals surface area contributed by atoms with Crippen molar-refractivity contribution >= 4 is 16.8 Å². The summed E-state index contributed by atoms with van der Waals surface area (Å²) in [5, 5.41) is 10.2. The summed E-state index contributed by atoms with van der Waals surface area (Å²) < 4.78 is 11.9. The lowest BCUT2D eigenvalue weighted by atomic mass is 9.96. The number of piperidine rings is 1. The van der Waals surface area contributed by atoms with Crippen LogP contribution in [0.25, 0.3) is 0 Å². The first-order valence-electron chi connectivity index (χ1n) is 8.11. The van der Waals surface area contributed by atoms with Crippen LogP contribution in [-0.4, -0.2) is 67.4 Å². The molecule has 1 atom stereocenters. The van der Waals surface area contributed by atoms with Gasteiger partial charge in [0.15, 0.2) is 5.96 Å². The quantitative estimate of drug-likeness (QED) is 0.633. The van der Waals surface area contributed by atoms with Gasteiger partial charge in [0.2, 0.25) is 0 Å². The number of hydrogen-bond acceptors (Lipinski definition) is 4. The lowest BCUT2D eigenvalue weighted by molar-refractivity contribution is 0.299. The predicted octanol–water partition coefficient (Wildman–Crippen LogP) is 1.11. The molecule has 1 fully saturated rings. The third-order valence-corrected chi connectivity index (χ3v) is 6.02. The molecule has 1 aliphatic rings. The Hall–Kier alpha value is -1.44. The summed E-state index contributed by atoms with van der Waals surface area (Å²) in [5.74, 6) is 2.96.